The second-order valence-corrected chi connectivity index (χ2v) is 10.1. The molecule has 0 unspecified atom stereocenters. The van der Waals surface area contributed by atoms with E-state index in [2.05, 4.69) is 49.5 Å². The van der Waals surface area contributed by atoms with Crippen molar-refractivity contribution >= 4 is 17.5 Å². The van der Waals surface area contributed by atoms with Gasteiger partial charge in [-0.05, 0) is 55.7 Å². The summed E-state index contributed by atoms with van der Waals surface area (Å²) in [5, 5.41) is 18.5. The molecule has 2 aromatic heterocycles. The molecule has 0 bridgehead atoms. The summed E-state index contributed by atoms with van der Waals surface area (Å²) in [5.74, 6) is 1.82. The smallest absolute Gasteiger partial charge is 0.254 e. The molecule has 11 heteroatoms. The van der Waals surface area contributed by atoms with Gasteiger partial charge in [-0.15, -0.1) is 0 Å². The lowest BCUT2D eigenvalue weighted by Gasteiger charge is -2.32. The van der Waals surface area contributed by atoms with Crippen molar-refractivity contribution in [3.63, 3.8) is 0 Å². The number of aromatic nitrogens is 4. The standard InChI is InChI=1S/C27H36FN7O3/c1-18(2)14-24-33-25(34-38-24)20-16-31-27(32-17-20)35-11-7-19(8-12-35)4-3-9-29-21-5-6-22(23(28)15-21)26(37)30-10-13-36/h5-6,15-19,29,36H,3-4,7-14H2,1-2H3,(H,30,37). The van der Waals surface area contributed by atoms with E-state index in [9.17, 15) is 9.18 Å². The van der Waals surface area contributed by atoms with E-state index in [0.717, 1.165) is 63.3 Å². The first-order valence-electron chi connectivity index (χ1n) is 13.3. The number of amides is 1. The summed E-state index contributed by atoms with van der Waals surface area (Å²) in [5.41, 5.74) is 1.36. The summed E-state index contributed by atoms with van der Waals surface area (Å²) >= 11 is 0. The van der Waals surface area contributed by atoms with Gasteiger partial charge in [-0.1, -0.05) is 19.0 Å². The van der Waals surface area contributed by atoms with Crippen molar-refractivity contribution in [1.82, 2.24) is 25.4 Å². The Morgan fingerprint density at radius 1 is 1.21 bits per heavy atom. The molecule has 0 saturated carbocycles. The molecule has 1 amide bonds. The number of rotatable bonds is 12. The summed E-state index contributed by atoms with van der Waals surface area (Å²) in [4.78, 5) is 27.6. The number of anilines is 2. The normalized spacial score (nSPS) is 14.2. The van der Waals surface area contributed by atoms with Gasteiger partial charge >= 0.3 is 0 Å². The molecule has 204 valence electrons. The minimum atomic E-state index is -0.582. The molecular formula is C27H36FN7O3. The molecule has 0 radical (unpaired) electrons. The number of carbonyl (C=O) groups is 1. The van der Waals surface area contributed by atoms with Crippen LogP contribution in [-0.2, 0) is 6.42 Å². The summed E-state index contributed by atoms with van der Waals surface area (Å²) < 4.78 is 19.6. The fourth-order valence-corrected chi connectivity index (χ4v) is 4.52. The van der Waals surface area contributed by atoms with Crippen LogP contribution in [0.2, 0.25) is 0 Å². The van der Waals surface area contributed by atoms with Crippen LogP contribution in [0.1, 0.15) is 55.8 Å². The number of aliphatic hydroxyl groups excluding tert-OH is 1. The maximum atomic E-state index is 14.3. The number of aliphatic hydroxyl groups is 1. The molecule has 3 heterocycles. The van der Waals surface area contributed by atoms with Gasteiger partial charge in [0, 0.05) is 50.7 Å². The van der Waals surface area contributed by atoms with Crippen LogP contribution in [0.3, 0.4) is 0 Å². The summed E-state index contributed by atoms with van der Waals surface area (Å²) in [6.45, 7) is 6.67. The number of nitrogens with zero attached hydrogens (tertiary/aromatic N) is 5. The van der Waals surface area contributed by atoms with Gasteiger partial charge in [-0.25, -0.2) is 14.4 Å². The molecule has 38 heavy (non-hydrogen) atoms. The monoisotopic (exact) mass is 525 g/mol. The Hall–Kier alpha value is -3.60. The van der Waals surface area contributed by atoms with Gasteiger partial charge in [0.2, 0.25) is 17.7 Å². The minimum absolute atomic E-state index is 0.0278. The molecule has 1 aliphatic rings. The van der Waals surface area contributed by atoms with Gasteiger partial charge in [0.15, 0.2) is 0 Å². The number of benzene rings is 1. The first-order chi connectivity index (χ1) is 18.4. The SMILES string of the molecule is CC(C)Cc1nc(-c2cnc(N3CCC(CCCNc4ccc(C(=O)NCCO)c(F)c4)CC3)nc2)no1. The molecule has 0 atom stereocenters. The third kappa shape index (κ3) is 7.47. The minimum Gasteiger partial charge on any atom is -0.395 e. The number of hydrogen-bond donors (Lipinski definition) is 3. The number of carbonyl (C=O) groups excluding carboxylic acids is 1. The molecule has 10 nitrogen and oxygen atoms in total. The maximum Gasteiger partial charge on any atom is 0.254 e. The Kier molecular flexibility index (Phi) is 9.58. The Labute approximate surface area is 222 Å². The lowest BCUT2D eigenvalue weighted by Crippen LogP contribution is -2.34. The van der Waals surface area contributed by atoms with Crippen molar-refractivity contribution in [1.29, 1.82) is 0 Å². The first kappa shape index (κ1) is 27.4. The second kappa shape index (κ2) is 13.3. The fraction of sp³-hybridized carbons (Fsp3) is 0.519. The summed E-state index contributed by atoms with van der Waals surface area (Å²) in [7, 11) is 0. The number of hydrogen-bond acceptors (Lipinski definition) is 9. The van der Waals surface area contributed by atoms with E-state index in [1.54, 1.807) is 18.5 Å². The van der Waals surface area contributed by atoms with Crippen LogP contribution < -0.4 is 15.5 Å². The quantitative estimate of drug-likeness (QED) is 0.303. The molecule has 1 aliphatic heterocycles. The Morgan fingerprint density at radius 2 is 1.97 bits per heavy atom. The average Bonchev–Trinajstić information content (AvgIpc) is 3.38. The molecular weight excluding hydrogens is 489 g/mol. The van der Waals surface area contributed by atoms with E-state index in [0.29, 0.717) is 29.2 Å². The van der Waals surface area contributed by atoms with Crippen LogP contribution in [0.15, 0.2) is 35.1 Å². The highest BCUT2D eigenvalue weighted by Crippen LogP contribution is 2.25. The first-order valence-corrected chi connectivity index (χ1v) is 13.3. The third-order valence-electron chi connectivity index (χ3n) is 6.57. The van der Waals surface area contributed by atoms with Crippen molar-refractivity contribution in [3.05, 3.63) is 47.9 Å². The maximum absolute atomic E-state index is 14.3. The van der Waals surface area contributed by atoms with E-state index in [-0.39, 0.29) is 18.7 Å². The van der Waals surface area contributed by atoms with E-state index in [1.807, 2.05) is 0 Å². The highest BCUT2D eigenvalue weighted by Gasteiger charge is 2.21. The van der Waals surface area contributed by atoms with E-state index >= 15 is 0 Å². The summed E-state index contributed by atoms with van der Waals surface area (Å²) in [6.07, 6.45) is 8.44. The second-order valence-electron chi connectivity index (χ2n) is 10.1. The van der Waals surface area contributed by atoms with Crippen molar-refractivity contribution in [2.45, 2.75) is 46.0 Å². The van der Waals surface area contributed by atoms with Gasteiger partial charge in [-0.3, -0.25) is 4.79 Å². The van der Waals surface area contributed by atoms with Crippen LogP contribution in [0.5, 0.6) is 0 Å². The van der Waals surface area contributed by atoms with Crippen molar-refractivity contribution in [2.24, 2.45) is 11.8 Å². The average molecular weight is 526 g/mol. The Bertz CT molecular complexity index is 1180. The number of halogens is 1. The Balaban J connectivity index is 1.17. The molecule has 0 aliphatic carbocycles. The predicted molar refractivity (Wildman–Crippen MR) is 142 cm³/mol. The molecule has 1 fully saturated rings. The summed E-state index contributed by atoms with van der Waals surface area (Å²) in [6, 6.07) is 4.49. The molecule has 4 rings (SSSR count). The molecule has 3 N–H and O–H groups in total. The van der Waals surface area contributed by atoms with Crippen LogP contribution in [-0.4, -0.2) is 63.9 Å². The van der Waals surface area contributed by atoms with E-state index in [1.165, 1.54) is 12.1 Å². The highest BCUT2D eigenvalue weighted by atomic mass is 19.1. The molecule has 3 aromatic rings. The predicted octanol–water partition coefficient (Wildman–Crippen LogP) is 3.70. The fourth-order valence-electron chi connectivity index (χ4n) is 4.52. The van der Waals surface area contributed by atoms with Crippen molar-refractivity contribution in [2.75, 3.05) is 43.0 Å². The third-order valence-corrected chi connectivity index (χ3v) is 6.57. The zero-order chi connectivity index (χ0) is 26.9. The van der Waals surface area contributed by atoms with Crippen LogP contribution in [0.25, 0.3) is 11.4 Å². The van der Waals surface area contributed by atoms with E-state index in [4.69, 9.17) is 9.63 Å². The molecule has 0 spiro atoms. The van der Waals surface area contributed by atoms with Gasteiger partial charge in [-0.2, -0.15) is 4.98 Å². The van der Waals surface area contributed by atoms with Gasteiger partial charge in [0.1, 0.15) is 5.82 Å². The zero-order valence-electron chi connectivity index (χ0n) is 22.0. The van der Waals surface area contributed by atoms with Gasteiger partial charge < -0.3 is 25.2 Å². The zero-order valence-corrected chi connectivity index (χ0v) is 22.0. The van der Waals surface area contributed by atoms with Gasteiger partial charge in [0.05, 0.1) is 17.7 Å². The molecule has 1 aromatic carbocycles. The lowest BCUT2D eigenvalue weighted by molar-refractivity contribution is 0.0940. The van der Waals surface area contributed by atoms with Crippen LogP contribution in [0, 0.1) is 17.7 Å². The number of piperidine rings is 1. The van der Waals surface area contributed by atoms with Crippen molar-refractivity contribution in [3.8, 4) is 11.4 Å². The van der Waals surface area contributed by atoms with Gasteiger partial charge in [0.25, 0.3) is 5.91 Å². The lowest BCUT2D eigenvalue weighted by atomic mass is 9.92. The van der Waals surface area contributed by atoms with Crippen LogP contribution >= 0.6 is 0 Å². The highest BCUT2D eigenvalue weighted by molar-refractivity contribution is 5.94. The van der Waals surface area contributed by atoms with E-state index < -0.39 is 11.7 Å². The number of nitrogens with one attached hydrogen (secondary N) is 2. The molecule has 1 saturated heterocycles. The van der Waals surface area contributed by atoms with Crippen LogP contribution in [0.4, 0.5) is 16.0 Å². The largest absolute Gasteiger partial charge is 0.395 e. The van der Waals surface area contributed by atoms with Crippen molar-refractivity contribution < 1.29 is 18.8 Å². The topological polar surface area (TPSA) is 129 Å². The Morgan fingerprint density at radius 3 is 2.66 bits per heavy atom.